The lowest BCUT2D eigenvalue weighted by atomic mass is 10.0. The van der Waals surface area contributed by atoms with Crippen LogP contribution in [0.15, 0.2) is 97.2 Å². The van der Waals surface area contributed by atoms with E-state index in [9.17, 15) is 9.59 Å². The molecule has 0 spiro atoms. The van der Waals surface area contributed by atoms with Crippen molar-refractivity contribution in [3.63, 3.8) is 0 Å². The Labute approximate surface area is 190 Å². The van der Waals surface area contributed by atoms with E-state index in [0.29, 0.717) is 16.4 Å². The number of para-hydroxylation sites is 1. The highest BCUT2D eigenvalue weighted by molar-refractivity contribution is 6.33. The summed E-state index contributed by atoms with van der Waals surface area (Å²) in [6, 6.07) is 27.0. The first kappa shape index (κ1) is 21.3. The number of hydrogen-bond donors (Lipinski definition) is 2. The van der Waals surface area contributed by atoms with Crippen molar-refractivity contribution in [2.24, 2.45) is 0 Å². The van der Waals surface area contributed by atoms with Gasteiger partial charge in [0, 0.05) is 12.3 Å². The van der Waals surface area contributed by atoms with Crippen LogP contribution in [0.3, 0.4) is 0 Å². The topological polar surface area (TPSA) is 76.0 Å². The maximum atomic E-state index is 12.8. The van der Waals surface area contributed by atoms with Gasteiger partial charge in [-0.2, -0.15) is 5.10 Å². The second-order valence-electron chi connectivity index (χ2n) is 7.15. The number of aromatic nitrogens is 2. The van der Waals surface area contributed by atoms with Gasteiger partial charge >= 0.3 is 0 Å². The summed E-state index contributed by atoms with van der Waals surface area (Å²) in [7, 11) is 0. The highest BCUT2D eigenvalue weighted by Gasteiger charge is 2.21. The standard InChI is InChI=1S/C25H21ClN4O2/c26-21-14-8-7-13-20(21)25(32)27-22(18-9-3-1-4-10-18)17-24(31)28-23-15-16-30(29-23)19-11-5-2-6-12-19/h1-16,22H,17H2,(H,27,32)(H,28,29,31). The summed E-state index contributed by atoms with van der Waals surface area (Å²) >= 11 is 6.16. The van der Waals surface area contributed by atoms with Crippen LogP contribution in [0.5, 0.6) is 0 Å². The van der Waals surface area contributed by atoms with E-state index in [0.717, 1.165) is 11.3 Å². The second kappa shape index (κ2) is 9.94. The van der Waals surface area contributed by atoms with Crippen molar-refractivity contribution in [1.29, 1.82) is 0 Å². The summed E-state index contributed by atoms with van der Waals surface area (Å²) in [6.45, 7) is 0. The van der Waals surface area contributed by atoms with Crippen molar-refractivity contribution in [3.05, 3.63) is 113 Å². The Morgan fingerprint density at radius 1 is 0.875 bits per heavy atom. The Balaban J connectivity index is 1.48. The second-order valence-corrected chi connectivity index (χ2v) is 7.56. The maximum absolute atomic E-state index is 12.8. The number of anilines is 1. The number of nitrogens with one attached hydrogen (secondary N) is 2. The maximum Gasteiger partial charge on any atom is 0.253 e. The molecular formula is C25H21ClN4O2. The number of nitrogens with zero attached hydrogens (tertiary/aromatic N) is 2. The summed E-state index contributed by atoms with van der Waals surface area (Å²) in [5.41, 5.74) is 2.07. The van der Waals surface area contributed by atoms with E-state index >= 15 is 0 Å². The molecule has 3 aromatic carbocycles. The molecule has 0 aliphatic rings. The minimum atomic E-state index is -0.531. The molecule has 1 aromatic heterocycles. The molecule has 2 amide bonds. The average molecular weight is 445 g/mol. The molecule has 7 heteroatoms. The predicted molar refractivity (Wildman–Crippen MR) is 125 cm³/mol. The lowest BCUT2D eigenvalue weighted by molar-refractivity contribution is -0.116. The Hall–Kier alpha value is -3.90. The number of amides is 2. The largest absolute Gasteiger partial charge is 0.345 e. The van der Waals surface area contributed by atoms with Crippen molar-refractivity contribution in [3.8, 4) is 5.69 Å². The zero-order valence-corrected chi connectivity index (χ0v) is 17.9. The molecule has 0 radical (unpaired) electrons. The minimum Gasteiger partial charge on any atom is -0.345 e. The Morgan fingerprint density at radius 2 is 1.53 bits per heavy atom. The molecule has 0 fully saturated rings. The summed E-state index contributed by atoms with van der Waals surface area (Å²) in [5.74, 6) is -0.176. The normalized spacial score (nSPS) is 11.5. The predicted octanol–water partition coefficient (Wildman–Crippen LogP) is 5.03. The van der Waals surface area contributed by atoms with Crippen molar-refractivity contribution in [2.45, 2.75) is 12.5 Å². The minimum absolute atomic E-state index is 0.0401. The highest BCUT2D eigenvalue weighted by atomic mass is 35.5. The van der Waals surface area contributed by atoms with E-state index < -0.39 is 6.04 Å². The van der Waals surface area contributed by atoms with Gasteiger partial charge in [0.05, 0.1) is 28.7 Å². The van der Waals surface area contributed by atoms with Crippen molar-refractivity contribution in [2.75, 3.05) is 5.32 Å². The number of benzene rings is 3. The van der Waals surface area contributed by atoms with Gasteiger partial charge in [-0.3, -0.25) is 9.59 Å². The lowest BCUT2D eigenvalue weighted by Crippen LogP contribution is -2.31. The van der Waals surface area contributed by atoms with Crippen molar-refractivity contribution < 1.29 is 9.59 Å². The molecule has 0 aliphatic heterocycles. The van der Waals surface area contributed by atoms with Gasteiger partial charge in [-0.25, -0.2) is 4.68 Å². The molecule has 0 saturated carbocycles. The fourth-order valence-corrected chi connectivity index (χ4v) is 3.53. The van der Waals surface area contributed by atoms with Gasteiger partial charge in [0.1, 0.15) is 0 Å². The van der Waals surface area contributed by atoms with E-state index in [-0.39, 0.29) is 18.2 Å². The number of halogens is 1. The molecule has 1 heterocycles. The molecule has 0 aliphatic carbocycles. The van der Waals surface area contributed by atoms with Gasteiger partial charge in [0.15, 0.2) is 5.82 Å². The van der Waals surface area contributed by atoms with Gasteiger partial charge in [-0.1, -0.05) is 72.3 Å². The molecule has 4 rings (SSSR count). The third-order valence-electron chi connectivity index (χ3n) is 4.89. The lowest BCUT2D eigenvalue weighted by Gasteiger charge is -2.19. The molecule has 0 bridgehead atoms. The first-order valence-electron chi connectivity index (χ1n) is 10.1. The summed E-state index contributed by atoms with van der Waals surface area (Å²) in [6.07, 6.45) is 1.82. The van der Waals surface area contributed by atoms with Crippen LogP contribution in [0, 0.1) is 0 Å². The average Bonchev–Trinajstić information content (AvgIpc) is 3.28. The van der Waals surface area contributed by atoms with Gasteiger partial charge in [-0.15, -0.1) is 0 Å². The number of carbonyl (C=O) groups excluding carboxylic acids is 2. The van der Waals surface area contributed by atoms with Crippen LogP contribution in [0.25, 0.3) is 5.69 Å². The van der Waals surface area contributed by atoms with Crippen LogP contribution in [0.2, 0.25) is 5.02 Å². The Morgan fingerprint density at radius 3 is 2.25 bits per heavy atom. The molecule has 160 valence electrons. The smallest absolute Gasteiger partial charge is 0.253 e. The molecule has 32 heavy (non-hydrogen) atoms. The first-order valence-corrected chi connectivity index (χ1v) is 10.5. The summed E-state index contributed by atoms with van der Waals surface area (Å²) in [4.78, 5) is 25.6. The van der Waals surface area contributed by atoms with Crippen LogP contribution in [-0.2, 0) is 4.79 Å². The molecule has 1 unspecified atom stereocenters. The van der Waals surface area contributed by atoms with E-state index in [2.05, 4.69) is 15.7 Å². The number of rotatable bonds is 7. The zero-order valence-electron chi connectivity index (χ0n) is 17.1. The fourth-order valence-electron chi connectivity index (χ4n) is 3.31. The number of carbonyl (C=O) groups is 2. The molecule has 4 aromatic rings. The number of hydrogen-bond acceptors (Lipinski definition) is 3. The summed E-state index contributed by atoms with van der Waals surface area (Å²) in [5, 5.41) is 10.5. The molecule has 1 atom stereocenters. The quantitative estimate of drug-likeness (QED) is 0.420. The SMILES string of the molecule is O=C(CC(NC(=O)c1ccccc1Cl)c1ccccc1)Nc1ccn(-c2ccccc2)n1. The third-order valence-corrected chi connectivity index (χ3v) is 5.22. The van der Waals surface area contributed by atoms with Gasteiger partial charge in [0.25, 0.3) is 5.91 Å². The molecule has 0 saturated heterocycles. The fraction of sp³-hybridized carbons (Fsp3) is 0.0800. The molecular weight excluding hydrogens is 424 g/mol. The van der Waals surface area contributed by atoms with Crippen LogP contribution < -0.4 is 10.6 Å². The highest BCUT2D eigenvalue weighted by Crippen LogP contribution is 2.21. The van der Waals surface area contributed by atoms with E-state index in [1.807, 2.05) is 60.7 Å². The van der Waals surface area contributed by atoms with Crippen LogP contribution in [0.4, 0.5) is 5.82 Å². The Kier molecular flexibility index (Phi) is 6.63. The zero-order chi connectivity index (χ0) is 22.3. The van der Waals surface area contributed by atoms with Gasteiger partial charge in [0.2, 0.25) is 5.91 Å². The monoisotopic (exact) mass is 444 g/mol. The molecule has 6 nitrogen and oxygen atoms in total. The first-order chi connectivity index (χ1) is 15.6. The van der Waals surface area contributed by atoms with Gasteiger partial charge < -0.3 is 10.6 Å². The Bertz CT molecular complexity index is 1210. The van der Waals surface area contributed by atoms with E-state index in [4.69, 9.17) is 11.6 Å². The van der Waals surface area contributed by atoms with Crippen LogP contribution in [0.1, 0.15) is 28.4 Å². The van der Waals surface area contributed by atoms with Gasteiger partial charge in [-0.05, 0) is 29.8 Å². The van der Waals surface area contributed by atoms with Crippen LogP contribution >= 0.6 is 11.6 Å². The van der Waals surface area contributed by atoms with Crippen molar-refractivity contribution in [1.82, 2.24) is 15.1 Å². The van der Waals surface area contributed by atoms with E-state index in [1.165, 1.54) is 0 Å². The van der Waals surface area contributed by atoms with E-state index in [1.54, 1.807) is 41.2 Å². The van der Waals surface area contributed by atoms with Crippen molar-refractivity contribution >= 4 is 29.2 Å². The third kappa shape index (κ3) is 5.22. The van der Waals surface area contributed by atoms with Crippen LogP contribution in [-0.4, -0.2) is 21.6 Å². The summed E-state index contributed by atoms with van der Waals surface area (Å²) < 4.78 is 1.68. The molecule has 2 N–H and O–H groups in total.